The number of nitrogens with one attached hydrogen (secondary N) is 1. The number of fused-ring (bicyclic) bond motifs is 1. The van der Waals surface area contributed by atoms with Crippen molar-refractivity contribution in [3.8, 4) is 0 Å². The first-order valence-electron chi connectivity index (χ1n) is 5.94. The van der Waals surface area contributed by atoms with Gasteiger partial charge in [0.05, 0.1) is 10.3 Å². The molecule has 0 bridgehead atoms. The molecule has 0 aliphatic heterocycles. The van der Waals surface area contributed by atoms with Gasteiger partial charge in [0.15, 0.2) is 0 Å². The van der Waals surface area contributed by atoms with Gasteiger partial charge < -0.3 is 10.4 Å². The van der Waals surface area contributed by atoms with Crippen molar-refractivity contribution >= 4 is 28.2 Å². The predicted octanol–water partition coefficient (Wildman–Crippen LogP) is 2.34. The van der Waals surface area contributed by atoms with Crippen molar-refractivity contribution in [1.82, 2.24) is 4.98 Å². The lowest BCUT2D eigenvalue weighted by atomic mass is 10.1. The Morgan fingerprint density at radius 3 is 2.70 bits per heavy atom. The zero-order valence-corrected chi connectivity index (χ0v) is 11.0. The van der Waals surface area contributed by atoms with Gasteiger partial charge in [0, 0.05) is 17.1 Å². The number of aryl methyl sites for hydroxylation is 1. The fraction of sp³-hybridized carbons (Fsp3) is 0.231. The summed E-state index contributed by atoms with van der Waals surface area (Å²) in [5.74, 6) is -0.703. The highest BCUT2D eigenvalue weighted by Crippen LogP contribution is 2.32. The van der Waals surface area contributed by atoms with Crippen LogP contribution in [0.15, 0.2) is 24.4 Å². The predicted molar refractivity (Wildman–Crippen MR) is 73.9 cm³/mol. The maximum absolute atomic E-state index is 11.1. The number of hydrogen-bond donors (Lipinski definition) is 2. The van der Waals surface area contributed by atoms with Gasteiger partial charge in [-0.25, -0.2) is 4.98 Å². The zero-order chi connectivity index (χ0) is 14.9. The molecule has 0 radical (unpaired) electrons. The van der Waals surface area contributed by atoms with Crippen LogP contribution in [0.25, 0.3) is 10.8 Å². The largest absolute Gasteiger partial charge is 0.480 e. The number of aliphatic carboxylic acids is 1. The van der Waals surface area contributed by atoms with Crippen molar-refractivity contribution in [3.05, 3.63) is 40.1 Å². The van der Waals surface area contributed by atoms with Crippen LogP contribution in [-0.4, -0.2) is 27.0 Å². The van der Waals surface area contributed by atoms with Crippen molar-refractivity contribution in [2.24, 2.45) is 0 Å². The number of nitro groups is 1. The van der Waals surface area contributed by atoms with Crippen LogP contribution in [0.3, 0.4) is 0 Å². The molecule has 1 heterocycles. The monoisotopic (exact) mass is 275 g/mol. The number of rotatable bonds is 4. The van der Waals surface area contributed by atoms with Crippen molar-refractivity contribution in [2.45, 2.75) is 19.9 Å². The zero-order valence-electron chi connectivity index (χ0n) is 11.0. The summed E-state index contributed by atoms with van der Waals surface area (Å²) < 4.78 is 0. The van der Waals surface area contributed by atoms with E-state index in [1.165, 1.54) is 13.1 Å². The minimum absolute atomic E-state index is 0.0101. The second-order valence-corrected chi connectivity index (χ2v) is 4.45. The molecule has 0 saturated carbocycles. The molecule has 20 heavy (non-hydrogen) atoms. The molecule has 1 aromatic heterocycles. The molecule has 1 aromatic carbocycles. The Morgan fingerprint density at radius 2 is 2.10 bits per heavy atom. The molecule has 2 rings (SSSR count). The smallest absolute Gasteiger partial charge is 0.325 e. The molecule has 2 aromatic rings. The lowest BCUT2D eigenvalue weighted by Crippen LogP contribution is -2.25. The molecule has 7 nitrogen and oxygen atoms in total. The summed E-state index contributed by atoms with van der Waals surface area (Å²) in [5.41, 5.74) is 0.557. The van der Waals surface area contributed by atoms with Crippen molar-refractivity contribution in [1.29, 1.82) is 0 Å². The number of carboxylic acids is 1. The molecule has 0 fully saturated rings. The summed E-state index contributed by atoms with van der Waals surface area (Å²) in [7, 11) is 0. The molecule has 1 atom stereocenters. The quantitative estimate of drug-likeness (QED) is 0.655. The molecule has 7 heteroatoms. The molecule has 1 unspecified atom stereocenters. The van der Waals surface area contributed by atoms with Crippen LogP contribution in [0.5, 0.6) is 0 Å². The highest BCUT2D eigenvalue weighted by atomic mass is 16.6. The normalized spacial score (nSPS) is 12.1. The van der Waals surface area contributed by atoms with Gasteiger partial charge in [-0.1, -0.05) is 6.07 Å². The molecule has 0 amide bonds. The third-order valence-electron chi connectivity index (χ3n) is 3.02. The van der Waals surface area contributed by atoms with Crippen LogP contribution in [0.2, 0.25) is 0 Å². The minimum Gasteiger partial charge on any atom is -0.480 e. The second-order valence-electron chi connectivity index (χ2n) is 4.45. The van der Waals surface area contributed by atoms with Crippen LogP contribution in [-0.2, 0) is 4.79 Å². The SMILES string of the molecule is Cc1ccc2c(NC(C)C(=O)O)nccc2c1[N+](=O)[O-]. The van der Waals surface area contributed by atoms with Gasteiger partial charge in [0.2, 0.25) is 0 Å². The summed E-state index contributed by atoms with van der Waals surface area (Å²) in [6.07, 6.45) is 1.42. The Bertz CT molecular complexity index is 699. The average Bonchev–Trinajstić information content (AvgIpc) is 2.37. The summed E-state index contributed by atoms with van der Waals surface area (Å²) in [6.45, 7) is 3.14. The highest BCUT2D eigenvalue weighted by molar-refractivity contribution is 5.99. The number of anilines is 1. The Hall–Kier alpha value is -2.70. The molecule has 0 aliphatic carbocycles. The fourth-order valence-corrected chi connectivity index (χ4v) is 1.97. The summed E-state index contributed by atoms with van der Waals surface area (Å²) >= 11 is 0. The standard InChI is InChI=1S/C13H13N3O4/c1-7-3-4-10-9(11(7)16(19)20)5-6-14-12(10)15-8(2)13(17)18/h3-6,8H,1-2H3,(H,14,15)(H,17,18). The van der Waals surface area contributed by atoms with Gasteiger partial charge in [-0.2, -0.15) is 0 Å². The van der Waals surface area contributed by atoms with Crippen molar-refractivity contribution < 1.29 is 14.8 Å². The molecule has 2 N–H and O–H groups in total. The number of carbonyl (C=O) groups is 1. The third kappa shape index (κ3) is 2.37. The van der Waals surface area contributed by atoms with E-state index in [4.69, 9.17) is 5.11 Å². The number of pyridine rings is 1. The topological polar surface area (TPSA) is 105 Å². The van der Waals surface area contributed by atoms with E-state index < -0.39 is 16.9 Å². The van der Waals surface area contributed by atoms with E-state index >= 15 is 0 Å². The molecule has 0 aliphatic rings. The summed E-state index contributed by atoms with van der Waals surface area (Å²) in [4.78, 5) is 25.6. The Balaban J connectivity index is 2.62. The number of aromatic nitrogens is 1. The van der Waals surface area contributed by atoms with E-state index in [2.05, 4.69) is 10.3 Å². The average molecular weight is 275 g/mol. The maximum atomic E-state index is 11.1. The number of benzene rings is 1. The van der Waals surface area contributed by atoms with Gasteiger partial charge in [-0.15, -0.1) is 0 Å². The first-order valence-corrected chi connectivity index (χ1v) is 5.94. The Labute approximate surface area is 114 Å². The third-order valence-corrected chi connectivity index (χ3v) is 3.02. The number of hydrogen-bond acceptors (Lipinski definition) is 5. The summed E-state index contributed by atoms with van der Waals surface area (Å²) in [6, 6.07) is 4.03. The van der Waals surface area contributed by atoms with Crippen LogP contribution in [0.4, 0.5) is 11.5 Å². The molecule has 0 spiro atoms. The van der Waals surface area contributed by atoms with Crippen LogP contribution < -0.4 is 5.32 Å². The Kier molecular flexibility index (Phi) is 3.51. The molecule has 104 valence electrons. The molecule has 0 saturated heterocycles. The van der Waals surface area contributed by atoms with Gasteiger partial charge in [-0.3, -0.25) is 14.9 Å². The fourth-order valence-electron chi connectivity index (χ4n) is 1.97. The van der Waals surface area contributed by atoms with E-state index in [9.17, 15) is 14.9 Å². The second kappa shape index (κ2) is 5.12. The van der Waals surface area contributed by atoms with Gasteiger partial charge >= 0.3 is 5.97 Å². The molecular formula is C13H13N3O4. The lowest BCUT2D eigenvalue weighted by Gasteiger charge is -2.12. The van der Waals surface area contributed by atoms with Crippen molar-refractivity contribution in [2.75, 3.05) is 5.32 Å². The van der Waals surface area contributed by atoms with E-state index in [0.717, 1.165) is 0 Å². The van der Waals surface area contributed by atoms with Gasteiger partial charge in [-0.05, 0) is 26.0 Å². The number of nitro benzene ring substituents is 1. The van der Waals surface area contributed by atoms with Crippen LogP contribution in [0.1, 0.15) is 12.5 Å². The van der Waals surface area contributed by atoms with Crippen molar-refractivity contribution in [3.63, 3.8) is 0 Å². The number of nitrogens with zero attached hydrogens (tertiary/aromatic N) is 2. The van der Waals surface area contributed by atoms with E-state index in [1.54, 1.807) is 25.1 Å². The maximum Gasteiger partial charge on any atom is 0.325 e. The first-order chi connectivity index (χ1) is 9.41. The van der Waals surface area contributed by atoms with Gasteiger partial charge in [0.1, 0.15) is 11.9 Å². The summed E-state index contributed by atoms with van der Waals surface area (Å²) in [5, 5.41) is 23.7. The minimum atomic E-state index is -1.02. The van der Waals surface area contributed by atoms with Crippen LogP contribution in [0, 0.1) is 17.0 Å². The van der Waals surface area contributed by atoms with E-state index in [1.807, 2.05) is 0 Å². The molecular weight excluding hydrogens is 262 g/mol. The Morgan fingerprint density at radius 1 is 1.40 bits per heavy atom. The lowest BCUT2D eigenvalue weighted by molar-refractivity contribution is -0.383. The van der Waals surface area contributed by atoms with Crippen LogP contribution >= 0.6 is 0 Å². The van der Waals surface area contributed by atoms with E-state index in [0.29, 0.717) is 22.2 Å². The van der Waals surface area contributed by atoms with Gasteiger partial charge in [0.25, 0.3) is 5.69 Å². The first kappa shape index (κ1) is 13.7. The highest BCUT2D eigenvalue weighted by Gasteiger charge is 2.19. The number of carboxylic acid groups (broad SMARTS) is 1. The van der Waals surface area contributed by atoms with E-state index in [-0.39, 0.29) is 5.69 Å².